The van der Waals surface area contributed by atoms with Crippen molar-refractivity contribution in [2.75, 3.05) is 16.8 Å². The molecular formula is C21H20N10O2. The fourth-order valence-electron chi connectivity index (χ4n) is 2.92. The van der Waals surface area contributed by atoms with E-state index in [0.717, 1.165) is 6.21 Å². The van der Waals surface area contributed by atoms with E-state index in [1.54, 1.807) is 25.1 Å². The minimum Gasteiger partial charge on any atom is -0.396 e. The fraction of sp³-hybridized carbons (Fsp3) is 0.143. The van der Waals surface area contributed by atoms with Crippen LogP contribution in [0.4, 0.5) is 17.2 Å². The predicted octanol–water partition coefficient (Wildman–Crippen LogP) is 1.03. The highest BCUT2D eigenvalue weighted by atomic mass is 16.2. The second-order valence-corrected chi connectivity index (χ2v) is 6.85. The molecule has 3 rings (SSSR count). The van der Waals surface area contributed by atoms with Crippen LogP contribution in [-0.4, -0.2) is 42.9 Å². The van der Waals surface area contributed by atoms with Gasteiger partial charge in [0.2, 0.25) is 0 Å². The third-order valence-electron chi connectivity index (χ3n) is 4.75. The number of nitriles is 1. The van der Waals surface area contributed by atoms with Gasteiger partial charge in [0.1, 0.15) is 17.7 Å². The lowest BCUT2D eigenvalue weighted by atomic mass is 10.2. The number of pyridine rings is 2. The third kappa shape index (κ3) is 5.05. The van der Waals surface area contributed by atoms with Crippen LogP contribution >= 0.6 is 0 Å². The van der Waals surface area contributed by atoms with Gasteiger partial charge in [0.25, 0.3) is 0 Å². The van der Waals surface area contributed by atoms with Crippen LogP contribution in [0.2, 0.25) is 0 Å². The maximum absolute atomic E-state index is 13.2. The molecule has 0 fully saturated rings. The number of nitrogens with one attached hydrogen (secondary N) is 2. The molecule has 0 radical (unpaired) electrons. The molecule has 3 aromatic rings. The molecule has 0 aromatic carbocycles. The van der Waals surface area contributed by atoms with Crippen molar-refractivity contribution in [1.29, 1.82) is 10.7 Å². The van der Waals surface area contributed by atoms with Crippen molar-refractivity contribution in [2.45, 2.75) is 19.5 Å². The topological polar surface area (TPSA) is 201 Å². The van der Waals surface area contributed by atoms with Gasteiger partial charge in [-0.15, -0.1) is 0 Å². The average Bonchev–Trinajstić information content (AvgIpc) is 2.84. The summed E-state index contributed by atoms with van der Waals surface area (Å²) in [5.41, 5.74) is 12.6. The Morgan fingerprint density at radius 3 is 2.55 bits per heavy atom. The van der Waals surface area contributed by atoms with Gasteiger partial charge in [-0.05, 0) is 25.1 Å². The van der Waals surface area contributed by atoms with Gasteiger partial charge in [0.05, 0.1) is 47.0 Å². The molecule has 6 N–H and O–H groups in total. The van der Waals surface area contributed by atoms with Crippen molar-refractivity contribution in [3.8, 4) is 6.07 Å². The zero-order chi connectivity index (χ0) is 24.0. The fourth-order valence-corrected chi connectivity index (χ4v) is 2.92. The van der Waals surface area contributed by atoms with Crippen LogP contribution in [0, 0.1) is 16.7 Å². The van der Waals surface area contributed by atoms with Crippen molar-refractivity contribution < 1.29 is 9.59 Å². The average molecular weight is 444 g/mol. The lowest BCUT2D eigenvalue weighted by Crippen LogP contribution is -2.41. The first-order valence-corrected chi connectivity index (χ1v) is 9.64. The lowest BCUT2D eigenvalue weighted by Gasteiger charge is -2.27. The second-order valence-electron chi connectivity index (χ2n) is 6.85. The molecule has 33 heavy (non-hydrogen) atoms. The maximum atomic E-state index is 13.2. The number of carbonyl (C=O) groups is 2. The number of anilines is 3. The Balaban J connectivity index is 1.90. The standard InChI is InChI=1S/C21H20N10O2/c1-12(19-26-5-2-6-27-19)31(11-14-4-3-13(7-22)9-28-14)21(33)20(32)30-16-10-29-18(25)15(8-23)17(16)24/h2-6,8-10,12,23H,11H2,1H3,(H,30,32)(H4,24,25,29). The molecule has 12 nitrogen and oxygen atoms in total. The summed E-state index contributed by atoms with van der Waals surface area (Å²) < 4.78 is 0. The first-order valence-electron chi connectivity index (χ1n) is 9.64. The number of amides is 2. The molecule has 0 bridgehead atoms. The molecule has 0 saturated heterocycles. The van der Waals surface area contributed by atoms with Gasteiger partial charge in [0.15, 0.2) is 0 Å². The minimum absolute atomic E-state index is 0.0124. The first-order chi connectivity index (χ1) is 15.8. The Morgan fingerprint density at radius 2 is 1.94 bits per heavy atom. The van der Waals surface area contributed by atoms with Gasteiger partial charge in [-0.3, -0.25) is 14.6 Å². The van der Waals surface area contributed by atoms with E-state index in [-0.39, 0.29) is 29.3 Å². The number of hydrogen-bond donors (Lipinski definition) is 4. The molecule has 12 heteroatoms. The quantitative estimate of drug-likeness (QED) is 0.316. The normalized spacial score (nSPS) is 11.2. The molecule has 3 aromatic heterocycles. The van der Waals surface area contributed by atoms with Crippen LogP contribution in [-0.2, 0) is 16.1 Å². The smallest absolute Gasteiger partial charge is 0.314 e. The van der Waals surface area contributed by atoms with Gasteiger partial charge in [-0.25, -0.2) is 15.0 Å². The summed E-state index contributed by atoms with van der Waals surface area (Å²) >= 11 is 0. The minimum atomic E-state index is -0.986. The van der Waals surface area contributed by atoms with Crippen LogP contribution in [0.1, 0.15) is 35.6 Å². The Labute approximate surface area is 188 Å². The van der Waals surface area contributed by atoms with Gasteiger partial charge in [-0.2, -0.15) is 5.26 Å². The molecule has 0 aliphatic rings. The summed E-state index contributed by atoms with van der Waals surface area (Å²) in [6, 6.07) is 6.08. The van der Waals surface area contributed by atoms with Crippen LogP contribution < -0.4 is 16.8 Å². The van der Waals surface area contributed by atoms with E-state index in [0.29, 0.717) is 17.1 Å². The predicted molar refractivity (Wildman–Crippen MR) is 120 cm³/mol. The van der Waals surface area contributed by atoms with Crippen molar-refractivity contribution in [3.05, 3.63) is 65.6 Å². The van der Waals surface area contributed by atoms with E-state index in [1.807, 2.05) is 6.07 Å². The molecule has 0 spiro atoms. The van der Waals surface area contributed by atoms with Crippen LogP contribution in [0.3, 0.4) is 0 Å². The highest BCUT2D eigenvalue weighted by Crippen LogP contribution is 2.25. The third-order valence-corrected chi connectivity index (χ3v) is 4.75. The number of carbonyl (C=O) groups excluding carboxylic acids is 2. The van der Waals surface area contributed by atoms with E-state index in [9.17, 15) is 9.59 Å². The number of hydrogen-bond acceptors (Lipinski definition) is 10. The Hall–Kier alpha value is -4.92. The molecular weight excluding hydrogens is 424 g/mol. The van der Waals surface area contributed by atoms with Crippen molar-refractivity contribution in [3.63, 3.8) is 0 Å². The van der Waals surface area contributed by atoms with Gasteiger partial charge in [0, 0.05) is 24.8 Å². The number of nitrogens with two attached hydrogens (primary N) is 2. The van der Waals surface area contributed by atoms with E-state index in [4.69, 9.17) is 22.1 Å². The number of nitrogen functional groups attached to an aromatic ring is 2. The van der Waals surface area contributed by atoms with Crippen molar-refractivity contribution in [2.24, 2.45) is 0 Å². The summed E-state index contributed by atoms with van der Waals surface area (Å²) in [4.78, 5) is 43.7. The van der Waals surface area contributed by atoms with E-state index in [1.165, 1.54) is 29.7 Å². The highest BCUT2D eigenvalue weighted by Gasteiger charge is 2.29. The van der Waals surface area contributed by atoms with E-state index in [2.05, 4.69) is 25.3 Å². The summed E-state index contributed by atoms with van der Waals surface area (Å²) in [5, 5.41) is 18.8. The molecule has 166 valence electrons. The Bertz CT molecular complexity index is 1220. The van der Waals surface area contributed by atoms with Crippen LogP contribution in [0.5, 0.6) is 0 Å². The molecule has 1 atom stereocenters. The summed E-state index contributed by atoms with van der Waals surface area (Å²) in [5.74, 6) is -1.53. The van der Waals surface area contributed by atoms with Crippen molar-refractivity contribution in [1.82, 2.24) is 24.8 Å². The molecule has 1 unspecified atom stereocenters. The molecule has 0 saturated carbocycles. The maximum Gasteiger partial charge on any atom is 0.314 e. The lowest BCUT2D eigenvalue weighted by molar-refractivity contribution is -0.145. The van der Waals surface area contributed by atoms with E-state index < -0.39 is 17.9 Å². The zero-order valence-corrected chi connectivity index (χ0v) is 17.6. The van der Waals surface area contributed by atoms with Crippen molar-refractivity contribution >= 4 is 35.2 Å². The summed E-state index contributed by atoms with van der Waals surface area (Å²) in [7, 11) is 0. The molecule has 3 heterocycles. The monoisotopic (exact) mass is 444 g/mol. The number of nitrogens with zero attached hydrogens (tertiary/aromatic N) is 6. The first kappa shape index (κ1) is 22.8. The molecule has 0 aliphatic carbocycles. The largest absolute Gasteiger partial charge is 0.396 e. The molecule has 2 amide bonds. The van der Waals surface area contributed by atoms with Crippen LogP contribution in [0.15, 0.2) is 43.0 Å². The van der Waals surface area contributed by atoms with Gasteiger partial charge >= 0.3 is 11.8 Å². The van der Waals surface area contributed by atoms with Crippen LogP contribution in [0.25, 0.3) is 0 Å². The molecule has 0 aliphatic heterocycles. The Kier molecular flexibility index (Phi) is 6.84. The highest BCUT2D eigenvalue weighted by molar-refractivity contribution is 6.40. The summed E-state index contributed by atoms with van der Waals surface area (Å²) in [6.07, 6.45) is 6.55. The SMILES string of the molecule is CC(c1ncccn1)N(Cc1ccc(C#N)cn1)C(=O)C(=O)Nc1cnc(N)c(C=N)c1N. The van der Waals surface area contributed by atoms with Gasteiger partial charge < -0.3 is 27.1 Å². The summed E-state index contributed by atoms with van der Waals surface area (Å²) in [6.45, 7) is 1.63. The van der Waals surface area contributed by atoms with E-state index >= 15 is 0 Å². The van der Waals surface area contributed by atoms with Gasteiger partial charge in [-0.1, -0.05) is 0 Å². The number of aromatic nitrogens is 4. The Morgan fingerprint density at radius 1 is 1.21 bits per heavy atom. The number of rotatable bonds is 6. The zero-order valence-electron chi connectivity index (χ0n) is 17.6. The second kappa shape index (κ2) is 9.92.